The van der Waals surface area contributed by atoms with Crippen molar-refractivity contribution in [1.29, 1.82) is 0 Å². The van der Waals surface area contributed by atoms with Crippen LogP contribution in [0.1, 0.15) is 38.2 Å². The summed E-state index contributed by atoms with van der Waals surface area (Å²) in [6, 6.07) is 4.75. The number of esters is 1. The molecule has 0 bridgehead atoms. The molecule has 7 nitrogen and oxygen atoms in total. The maximum absolute atomic E-state index is 12.3. The molecule has 2 rings (SSSR count). The Bertz CT molecular complexity index is 721. The molecule has 1 aliphatic carbocycles. The third-order valence-electron chi connectivity index (χ3n) is 4.22. The molecule has 2 N–H and O–H groups in total. The predicted octanol–water partition coefficient (Wildman–Crippen LogP) is 1.42. The summed E-state index contributed by atoms with van der Waals surface area (Å²) >= 11 is 0. The summed E-state index contributed by atoms with van der Waals surface area (Å²) in [4.78, 5) is 22.9. The van der Waals surface area contributed by atoms with Gasteiger partial charge in [-0.1, -0.05) is 25.5 Å². The Morgan fingerprint density at radius 2 is 1.88 bits per heavy atom. The molecule has 8 heteroatoms. The maximum Gasteiger partial charge on any atom is 0.321 e. The van der Waals surface area contributed by atoms with E-state index >= 15 is 0 Å². The predicted molar refractivity (Wildman–Crippen MR) is 86.0 cm³/mol. The number of hydrogen-bond donors (Lipinski definition) is 2. The lowest BCUT2D eigenvalue weighted by atomic mass is 9.96. The Hall–Kier alpha value is -1.93. The topological polar surface area (TPSA) is 110 Å². The highest BCUT2D eigenvalue weighted by atomic mass is 32.2. The number of carbonyl (C=O) groups is 2. The number of hydrogen-bond acceptors (Lipinski definition) is 5. The highest BCUT2D eigenvalue weighted by Gasteiger charge is 2.52. The third-order valence-corrected chi connectivity index (χ3v) is 5.70. The molecule has 1 unspecified atom stereocenters. The second-order valence-electron chi connectivity index (χ2n) is 5.90. The van der Waals surface area contributed by atoms with Crippen LogP contribution in [-0.2, 0) is 29.8 Å². The largest absolute Gasteiger partial charge is 0.480 e. The van der Waals surface area contributed by atoms with Gasteiger partial charge < -0.3 is 9.84 Å². The SMILES string of the molecule is CCCC(NS(=O)(=O)c1ccc(C2(C(=O)OC)CC2)cc1)C(=O)O. The molecule has 1 atom stereocenters. The number of carbonyl (C=O) groups excluding carboxylic acids is 1. The molecule has 1 aromatic rings. The Balaban J connectivity index is 2.21. The zero-order valence-corrected chi connectivity index (χ0v) is 14.4. The monoisotopic (exact) mass is 355 g/mol. The summed E-state index contributed by atoms with van der Waals surface area (Å²) in [7, 11) is -2.62. The first kappa shape index (κ1) is 18.4. The van der Waals surface area contributed by atoms with Crippen molar-refractivity contribution in [3.63, 3.8) is 0 Å². The lowest BCUT2D eigenvalue weighted by Crippen LogP contribution is -2.40. The van der Waals surface area contributed by atoms with Crippen LogP contribution in [-0.4, -0.2) is 38.6 Å². The molecule has 0 amide bonds. The second-order valence-corrected chi connectivity index (χ2v) is 7.61. The molecule has 0 heterocycles. The van der Waals surface area contributed by atoms with Gasteiger partial charge >= 0.3 is 11.9 Å². The van der Waals surface area contributed by atoms with Gasteiger partial charge in [-0.3, -0.25) is 9.59 Å². The fraction of sp³-hybridized carbons (Fsp3) is 0.500. The molecule has 24 heavy (non-hydrogen) atoms. The van der Waals surface area contributed by atoms with Gasteiger partial charge in [0.1, 0.15) is 6.04 Å². The van der Waals surface area contributed by atoms with Crippen LogP contribution in [0.5, 0.6) is 0 Å². The first-order chi connectivity index (χ1) is 11.3. The highest BCUT2D eigenvalue weighted by Crippen LogP contribution is 2.49. The number of benzene rings is 1. The van der Waals surface area contributed by atoms with Crippen molar-refractivity contribution in [3.05, 3.63) is 29.8 Å². The average molecular weight is 355 g/mol. The van der Waals surface area contributed by atoms with E-state index in [9.17, 15) is 18.0 Å². The first-order valence-electron chi connectivity index (χ1n) is 7.71. The Morgan fingerprint density at radius 1 is 1.29 bits per heavy atom. The van der Waals surface area contributed by atoms with E-state index in [-0.39, 0.29) is 17.3 Å². The number of ether oxygens (including phenoxy) is 1. The van der Waals surface area contributed by atoms with Gasteiger partial charge in [-0.05, 0) is 37.0 Å². The van der Waals surface area contributed by atoms with Crippen molar-refractivity contribution < 1.29 is 27.9 Å². The van der Waals surface area contributed by atoms with E-state index in [1.54, 1.807) is 19.1 Å². The molecule has 0 aromatic heterocycles. The van der Waals surface area contributed by atoms with E-state index in [1.165, 1.54) is 19.2 Å². The molecular weight excluding hydrogens is 334 g/mol. The van der Waals surface area contributed by atoms with Gasteiger partial charge in [0.05, 0.1) is 17.4 Å². The molecule has 0 radical (unpaired) electrons. The van der Waals surface area contributed by atoms with Gasteiger partial charge in [-0.15, -0.1) is 0 Å². The van der Waals surface area contributed by atoms with Crippen molar-refractivity contribution >= 4 is 22.0 Å². The molecule has 0 aliphatic heterocycles. The molecular formula is C16H21NO6S. The van der Waals surface area contributed by atoms with Crippen molar-refractivity contribution in [2.75, 3.05) is 7.11 Å². The molecule has 1 aromatic carbocycles. The first-order valence-corrected chi connectivity index (χ1v) is 9.19. The van der Waals surface area contributed by atoms with Gasteiger partial charge in [0, 0.05) is 0 Å². The maximum atomic E-state index is 12.3. The van der Waals surface area contributed by atoms with Gasteiger partial charge in [0.25, 0.3) is 0 Å². The molecule has 132 valence electrons. The Labute approximate surface area is 141 Å². The lowest BCUT2D eigenvalue weighted by molar-refractivity contribution is -0.143. The van der Waals surface area contributed by atoms with E-state index < -0.39 is 27.4 Å². The van der Waals surface area contributed by atoms with Crippen LogP contribution in [0.2, 0.25) is 0 Å². The standard InChI is InChI=1S/C16H21NO6S/c1-3-4-13(14(18)19)17-24(21,22)12-7-5-11(6-8-12)16(9-10-16)15(20)23-2/h5-8,13,17H,3-4,9-10H2,1-2H3,(H,18,19). The number of aliphatic carboxylic acids is 1. The van der Waals surface area contributed by atoms with Gasteiger partial charge in [-0.2, -0.15) is 4.72 Å². The van der Waals surface area contributed by atoms with Gasteiger partial charge in [0.15, 0.2) is 0 Å². The quantitative estimate of drug-likeness (QED) is 0.683. The van der Waals surface area contributed by atoms with Crippen LogP contribution < -0.4 is 4.72 Å². The third kappa shape index (κ3) is 3.59. The van der Waals surface area contributed by atoms with Gasteiger partial charge in [-0.25, -0.2) is 8.42 Å². The number of sulfonamides is 1. The minimum absolute atomic E-state index is 0.0331. The van der Waals surface area contributed by atoms with Gasteiger partial charge in [0.2, 0.25) is 10.0 Å². The minimum atomic E-state index is -3.94. The zero-order chi connectivity index (χ0) is 18.0. The minimum Gasteiger partial charge on any atom is -0.480 e. The Kier molecular flexibility index (Phi) is 5.29. The van der Waals surface area contributed by atoms with Crippen LogP contribution in [0.25, 0.3) is 0 Å². The van der Waals surface area contributed by atoms with Crippen molar-refractivity contribution in [3.8, 4) is 0 Å². The van der Waals surface area contributed by atoms with Crippen molar-refractivity contribution in [2.45, 2.75) is 49.0 Å². The fourth-order valence-corrected chi connectivity index (χ4v) is 3.88. The number of nitrogens with one attached hydrogen (secondary N) is 1. The summed E-state index contributed by atoms with van der Waals surface area (Å²) < 4.78 is 31.6. The summed E-state index contributed by atoms with van der Waals surface area (Å²) in [6.45, 7) is 1.78. The fourth-order valence-electron chi connectivity index (χ4n) is 2.66. The average Bonchev–Trinajstić information content (AvgIpc) is 3.35. The summed E-state index contributed by atoms with van der Waals surface area (Å²) in [6.07, 6.45) is 2.08. The van der Waals surface area contributed by atoms with Crippen LogP contribution in [0, 0.1) is 0 Å². The van der Waals surface area contributed by atoms with E-state index in [4.69, 9.17) is 9.84 Å². The van der Waals surface area contributed by atoms with Crippen molar-refractivity contribution in [1.82, 2.24) is 4.72 Å². The summed E-state index contributed by atoms with van der Waals surface area (Å²) in [5.74, 6) is -1.54. The summed E-state index contributed by atoms with van der Waals surface area (Å²) in [5, 5.41) is 9.08. The van der Waals surface area contributed by atoms with Crippen LogP contribution >= 0.6 is 0 Å². The number of methoxy groups -OCH3 is 1. The highest BCUT2D eigenvalue weighted by molar-refractivity contribution is 7.89. The van der Waals surface area contributed by atoms with Crippen molar-refractivity contribution in [2.24, 2.45) is 0 Å². The lowest BCUT2D eigenvalue weighted by Gasteiger charge is -2.16. The van der Waals surface area contributed by atoms with Crippen LogP contribution in [0.4, 0.5) is 0 Å². The number of carboxylic acid groups (broad SMARTS) is 1. The smallest absolute Gasteiger partial charge is 0.321 e. The van der Waals surface area contributed by atoms with E-state index in [0.717, 1.165) is 0 Å². The Morgan fingerprint density at radius 3 is 2.29 bits per heavy atom. The number of rotatable bonds is 8. The summed E-state index contributed by atoms with van der Waals surface area (Å²) in [5.41, 5.74) is 0.0349. The molecule has 0 spiro atoms. The van der Waals surface area contributed by atoms with E-state index in [0.29, 0.717) is 24.8 Å². The molecule has 1 aliphatic rings. The van der Waals surface area contributed by atoms with Crippen LogP contribution in [0.3, 0.4) is 0 Å². The van der Waals surface area contributed by atoms with Crippen LogP contribution in [0.15, 0.2) is 29.2 Å². The normalized spacial score (nSPS) is 17.1. The number of carboxylic acids is 1. The molecule has 1 saturated carbocycles. The molecule has 0 saturated heterocycles. The van der Waals surface area contributed by atoms with E-state index in [1.807, 2.05) is 0 Å². The zero-order valence-electron chi connectivity index (χ0n) is 13.6. The molecule has 1 fully saturated rings. The second kappa shape index (κ2) is 6.90. The van der Waals surface area contributed by atoms with E-state index in [2.05, 4.69) is 4.72 Å².